The van der Waals surface area contributed by atoms with Crippen LogP contribution in [0.1, 0.15) is 21.5 Å². The molecule has 138 valence electrons. The van der Waals surface area contributed by atoms with E-state index < -0.39 is 0 Å². The van der Waals surface area contributed by atoms with E-state index in [0.29, 0.717) is 0 Å². The summed E-state index contributed by atoms with van der Waals surface area (Å²) >= 11 is 1.88. The summed E-state index contributed by atoms with van der Waals surface area (Å²) in [5, 5.41) is 0. The van der Waals surface area contributed by atoms with Crippen molar-refractivity contribution in [3.05, 3.63) is 95.6 Å². The van der Waals surface area contributed by atoms with Crippen molar-refractivity contribution in [3.63, 3.8) is 0 Å². The van der Waals surface area contributed by atoms with Crippen LogP contribution in [0.25, 0.3) is 0 Å². The first-order valence-electron chi connectivity index (χ1n) is 9.29. The van der Waals surface area contributed by atoms with Gasteiger partial charge >= 0.3 is 0 Å². The molecule has 0 heterocycles. The average Bonchev–Trinajstić information content (AvgIpc) is 2.72. The highest BCUT2D eigenvalue weighted by atomic mass is 32.2. The van der Waals surface area contributed by atoms with E-state index in [9.17, 15) is 4.79 Å². The summed E-state index contributed by atoms with van der Waals surface area (Å²) < 4.78 is 0. The summed E-state index contributed by atoms with van der Waals surface area (Å²) in [5.74, 6) is 1.02. The quantitative estimate of drug-likeness (QED) is 0.356. The predicted octanol–water partition coefficient (Wildman–Crippen LogP) is 5.65. The van der Waals surface area contributed by atoms with Gasteiger partial charge in [-0.25, -0.2) is 0 Å². The minimum absolute atomic E-state index is 0.764. The zero-order valence-corrected chi connectivity index (χ0v) is 16.5. The number of aryl methyl sites for hydroxylation is 1. The van der Waals surface area contributed by atoms with E-state index in [2.05, 4.69) is 71.6 Å². The molecular weight excluding hydrogens is 350 g/mol. The standard InChI is InChI=1S/C24H25NOS/c1-20-18-23(13-12-22(20)19-26)25(15-14-21-8-4-2-5-9-21)16-17-27-24-10-6-3-7-11-24/h2-13,18-19H,14-17H2,1H3. The molecule has 0 fully saturated rings. The predicted molar refractivity (Wildman–Crippen MR) is 116 cm³/mol. The lowest BCUT2D eigenvalue weighted by molar-refractivity contribution is 0.112. The van der Waals surface area contributed by atoms with Gasteiger partial charge in [-0.3, -0.25) is 4.79 Å². The van der Waals surface area contributed by atoms with Crippen molar-refractivity contribution in [1.82, 2.24) is 0 Å². The van der Waals surface area contributed by atoms with Crippen LogP contribution in [-0.2, 0) is 6.42 Å². The maximum Gasteiger partial charge on any atom is 0.150 e. The Morgan fingerprint density at radius 3 is 2.26 bits per heavy atom. The van der Waals surface area contributed by atoms with Crippen LogP contribution in [0.3, 0.4) is 0 Å². The third-order valence-corrected chi connectivity index (χ3v) is 5.62. The van der Waals surface area contributed by atoms with E-state index in [-0.39, 0.29) is 0 Å². The smallest absolute Gasteiger partial charge is 0.150 e. The van der Waals surface area contributed by atoms with E-state index in [4.69, 9.17) is 0 Å². The van der Waals surface area contributed by atoms with Gasteiger partial charge in [0.1, 0.15) is 6.29 Å². The molecule has 0 spiro atoms. The fourth-order valence-corrected chi connectivity index (χ4v) is 3.95. The van der Waals surface area contributed by atoms with E-state index in [1.165, 1.54) is 16.1 Å². The molecule has 0 radical (unpaired) electrons. The lowest BCUT2D eigenvalue weighted by Gasteiger charge is -2.25. The number of carbonyl (C=O) groups is 1. The number of thioether (sulfide) groups is 1. The zero-order chi connectivity index (χ0) is 18.9. The van der Waals surface area contributed by atoms with Crippen LogP contribution < -0.4 is 4.90 Å². The molecule has 3 heteroatoms. The van der Waals surface area contributed by atoms with E-state index in [0.717, 1.165) is 42.7 Å². The number of carbonyl (C=O) groups excluding carboxylic acids is 1. The summed E-state index contributed by atoms with van der Waals surface area (Å²) in [6.45, 7) is 3.92. The highest BCUT2D eigenvalue weighted by Crippen LogP contribution is 2.22. The Morgan fingerprint density at radius 1 is 0.889 bits per heavy atom. The molecule has 27 heavy (non-hydrogen) atoms. The van der Waals surface area contributed by atoms with Gasteiger partial charge < -0.3 is 4.90 Å². The van der Waals surface area contributed by atoms with Gasteiger partial charge in [-0.05, 0) is 54.8 Å². The normalized spacial score (nSPS) is 10.6. The number of hydrogen-bond donors (Lipinski definition) is 0. The molecule has 0 aliphatic rings. The average molecular weight is 376 g/mol. The molecule has 0 unspecified atom stereocenters. The molecule has 3 rings (SSSR count). The van der Waals surface area contributed by atoms with Crippen molar-refractivity contribution >= 4 is 23.7 Å². The molecule has 0 aromatic heterocycles. The first-order valence-corrected chi connectivity index (χ1v) is 10.3. The van der Waals surface area contributed by atoms with Crippen molar-refractivity contribution in [3.8, 4) is 0 Å². The van der Waals surface area contributed by atoms with Crippen LogP contribution in [0.15, 0.2) is 83.8 Å². The van der Waals surface area contributed by atoms with Gasteiger partial charge in [-0.2, -0.15) is 0 Å². The van der Waals surface area contributed by atoms with E-state index in [1.807, 2.05) is 30.8 Å². The lowest BCUT2D eigenvalue weighted by Crippen LogP contribution is -2.28. The van der Waals surface area contributed by atoms with Crippen LogP contribution in [-0.4, -0.2) is 25.1 Å². The Labute approximate surface area is 166 Å². The summed E-state index contributed by atoms with van der Waals surface area (Å²) in [6, 6.07) is 27.2. The van der Waals surface area contributed by atoms with Crippen molar-refractivity contribution in [2.75, 3.05) is 23.7 Å². The maximum absolute atomic E-state index is 11.1. The zero-order valence-electron chi connectivity index (χ0n) is 15.7. The van der Waals surface area contributed by atoms with Gasteiger partial charge in [-0.1, -0.05) is 48.5 Å². The second kappa shape index (κ2) is 9.98. The molecule has 0 aliphatic heterocycles. The maximum atomic E-state index is 11.1. The Hall–Kier alpha value is -2.52. The van der Waals surface area contributed by atoms with Crippen molar-refractivity contribution in [2.24, 2.45) is 0 Å². The minimum Gasteiger partial charge on any atom is -0.370 e. The third kappa shape index (κ3) is 5.73. The lowest BCUT2D eigenvalue weighted by atomic mass is 10.1. The number of nitrogens with zero attached hydrogens (tertiary/aromatic N) is 1. The van der Waals surface area contributed by atoms with Gasteiger partial charge in [0.05, 0.1) is 0 Å². The molecule has 0 atom stereocenters. The van der Waals surface area contributed by atoms with Crippen LogP contribution in [0.2, 0.25) is 0 Å². The van der Waals surface area contributed by atoms with E-state index >= 15 is 0 Å². The Morgan fingerprint density at radius 2 is 1.59 bits per heavy atom. The first-order chi connectivity index (χ1) is 13.3. The highest BCUT2D eigenvalue weighted by molar-refractivity contribution is 7.99. The molecule has 0 aliphatic carbocycles. The molecule has 3 aromatic rings. The topological polar surface area (TPSA) is 20.3 Å². The van der Waals surface area contributed by atoms with Crippen molar-refractivity contribution in [1.29, 1.82) is 0 Å². The van der Waals surface area contributed by atoms with Gasteiger partial charge in [0.15, 0.2) is 0 Å². The fraction of sp³-hybridized carbons (Fsp3) is 0.208. The van der Waals surface area contributed by atoms with Crippen LogP contribution in [0.4, 0.5) is 5.69 Å². The molecule has 0 bridgehead atoms. The summed E-state index contributed by atoms with van der Waals surface area (Å²) in [6.07, 6.45) is 1.93. The highest BCUT2D eigenvalue weighted by Gasteiger charge is 2.09. The molecule has 3 aromatic carbocycles. The van der Waals surface area contributed by atoms with Crippen molar-refractivity contribution in [2.45, 2.75) is 18.2 Å². The van der Waals surface area contributed by atoms with Gasteiger partial charge in [0.25, 0.3) is 0 Å². The second-order valence-corrected chi connectivity index (χ2v) is 7.71. The summed E-state index contributed by atoms with van der Waals surface area (Å²) in [4.78, 5) is 14.9. The van der Waals surface area contributed by atoms with Gasteiger partial charge in [0, 0.05) is 35.0 Å². The minimum atomic E-state index is 0.764. The fourth-order valence-electron chi connectivity index (χ4n) is 3.06. The second-order valence-electron chi connectivity index (χ2n) is 6.54. The van der Waals surface area contributed by atoms with E-state index in [1.54, 1.807) is 0 Å². The summed E-state index contributed by atoms with van der Waals surface area (Å²) in [5.41, 5.74) is 4.32. The summed E-state index contributed by atoms with van der Waals surface area (Å²) in [7, 11) is 0. The van der Waals surface area contributed by atoms with Crippen LogP contribution in [0.5, 0.6) is 0 Å². The van der Waals surface area contributed by atoms with Crippen molar-refractivity contribution < 1.29 is 4.79 Å². The Balaban J connectivity index is 1.69. The molecular formula is C24H25NOS. The molecule has 0 amide bonds. The number of aldehydes is 1. The third-order valence-electron chi connectivity index (χ3n) is 4.63. The number of benzene rings is 3. The molecule has 0 N–H and O–H groups in total. The Bertz CT molecular complexity index is 849. The largest absolute Gasteiger partial charge is 0.370 e. The molecule has 0 saturated carbocycles. The number of hydrogen-bond acceptors (Lipinski definition) is 3. The monoisotopic (exact) mass is 375 g/mol. The Kier molecular flexibility index (Phi) is 7.11. The van der Waals surface area contributed by atoms with Crippen LogP contribution >= 0.6 is 11.8 Å². The first kappa shape index (κ1) is 19.2. The van der Waals surface area contributed by atoms with Crippen LogP contribution in [0, 0.1) is 6.92 Å². The molecule has 0 saturated heterocycles. The van der Waals surface area contributed by atoms with Gasteiger partial charge in [0.2, 0.25) is 0 Å². The SMILES string of the molecule is Cc1cc(N(CCSc2ccccc2)CCc2ccccc2)ccc1C=O. The molecule has 2 nitrogen and oxygen atoms in total. The van der Waals surface area contributed by atoms with Gasteiger partial charge in [-0.15, -0.1) is 11.8 Å². The number of anilines is 1. The number of rotatable bonds is 9.